The van der Waals surface area contributed by atoms with E-state index in [0.717, 1.165) is 6.42 Å². The van der Waals surface area contributed by atoms with Crippen LogP contribution >= 0.6 is 0 Å². The maximum absolute atomic E-state index is 12.4. The Morgan fingerprint density at radius 1 is 1.32 bits per heavy atom. The summed E-state index contributed by atoms with van der Waals surface area (Å²) in [5.74, 6) is 0. The molecule has 0 bridgehead atoms. The molecule has 0 unspecified atom stereocenters. The van der Waals surface area contributed by atoms with Crippen LogP contribution in [0.2, 0.25) is 0 Å². The highest BCUT2D eigenvalue weighted by Gasteiger charge is 2.22. The Bertz CT molecular complexity index is 1090. The number of H-pyrrole nitrogens is 1. The summed E-state index contributed by atoms with van der Waals surface area (Å²) in [5, 5.41) is 20.6. The van der Waals surface area contributed by atoms with Crippen molar-refractivity contribution in [2.75, 3.05) is 13.2 Å². The molecule has 2 heterocycles. The number of ether oxygens (including phenoxy) is 1. The third kappa shape index (κ3) is 3.63. The minimum Gasteiger partial charge on any atom is -0.381 e. The Morgan fingerprint density at radius 3 is 2.71 bits per heavy atom. The molecule has 9 nitrogen and oxygen atoms in total. The standard InChI is InChI=1S/C19H19N5O4/c1-2-9-28-10-3-8-23-17(13-4-6-14(7-5-13)24(26)27)15(11-20)16-18(23)19(25)22-12-21-16/h4-7,12H,2-3,8-10H2,1H3,(H,21,22,25). The fraction of sp³-hybridized carbons (Fsp3) is 0.316. The lowest BCUT2D eigenvalue weighted by Crippen LogP contribution is -2.13. The summed E-state index contributed by atoms with van der Waals surface area (Å²) in [5.41, 5.74) is 1.63. The maximum atomic E-state index is 12.4. The average Bonchev–Trinajstić information content (AvgIpc) is 3.02. The molecule has 144 valence electrons. The number of non-ortho nitro benzene ring substituents is 1. The number of nitrogens with one attached hydrogen (secondary N) is 1. The number of benzene rings is 1. The summed E-state index contributed by atoms with van der Waals surface area (Å²) in [7, 11) is 0. The van der Waals surface area contributed by atoms with Gasteiger partial charge in [-0.05, 0) is 25.0 Å². The molecule has 0 fully saturated rings. The predicted octanol–water partition coefficient (Wildman–Crippen LogP) is 2.99. The summed E-state index contributed by atoms with van der Waals surface area (Å²) in [6.07, 6.45) is 2.82. The Labute approximate surface area is 160 Å². The van der Waals surface area contributed by atoms with Crippen molar-refractivity contribution in [3.63, 3.8) is 0 Å². The van der Waals surface area contributed by atoms with Gasteiger partial charge in [-0.1, -0.05) is 6.92 Å². The van der Waals surface area contributed by atoms with E-state index in [9.17, 15) is 20.2 Å². The molecule has 0 spiro atoms. The van der Waals surface area contributed by atoms with Crippen LogP contribution in [0.25, 0.3) is 22.3 Å². The molecule has 0 radical (unpaired) electrons. The zero-order chi connectivity index (χ0) is 20.1. The Kier molecular flexibility index (Phi) is 5.81. The molecule has 0 amide bonds. The number of nitro benzene ring substituents is 1. The Balaban J connectivity index is 2.12. The highest BCUT2D eigenvalue weighted by atomic mass is 16.6. The number of fused-ring (bicyclic) bond motifs is 1. The normalized spacial score (nSPS) is 10.9. The van der Waals surface area contributed by atoms with E-state index >= 15 is 0 Å². The molecule has 3 aromatic rings. The molecular formula is C19H19N5O4. The SMILES string of the molecule is CCCOCCCn1c(-c2ccc([N+](=O)[O-])cc2)c(C#N)c2nc[nH]c(=O)c21. The molecular weight excluding hydrogens is 362 g/mol. The van der Waals surface area contributed by atoms with Gasteiger partial charge in [-0.15, -0.1) is 0 Å². The minimum absolute atomic E-state index is 0.0474. The van der Waals surface area contributed by atoms with E-state index in [1.807, 2.05) is 6.92 Å². The summed E-state index contributed by atoms with van der Waals surface area (Å²) < 4.78 is 7.26. The molecule has 28 heavy (non-hydrogen) atoms. The number of rotatable bonds is 8. The third-order valence-electron chi connectivity index (χ3n) is 4.32. The van der Waals surface area contributed by atoms with Crippen LogP contribution in [0.3, 0.4) is 0 Å². The van der Waals surface area contributed by atoms with Gasteiger partial charge < -0.3 is 14.3 Å². The molecule has 0 aliphatic carbocycles. The quantitative estimate of drug-likeness (QED) is 0.363. The van der Waals surface area contributed by atoms with Crippen LogP contribution in [0, 0.1) is 21.4 Å². The lowest BCUT2D eigenvalue weighted by atomic mass is 10.1. The van der Waals surface area contributed by atoms with Gasteiger partial charge in [0.1, 0.15) is 22.7 Å². The highest BCUT2D eigenvalue weighted by Crippen LogP contribution is 2.32. The average molecular weight is 381 g/mol. The molecule has 1 aromatic carbocycles. The second-order valence-corrected chi connectivity index (χ2v) is 6.19. The lowest BCUT2D eigenvalue weighted by Gasteiger charge is -2.11. The number of nitriles is 1. The monoisotopic (exact) mass is 381 g/mol. The van der Waals surface area contributed by atoms with Gasteiger partial charge in [-0.25, -0.2) is 4.98 Å². The molecule has 2 aromatic heterocycles. The summed E-state index contributed by atoms with van der Waals surface area (Å²) >= 11 is 0. The topological polar surface area (TPSA) is 127 Å². The van der Waals surface area contributed by atoms with E-state index in [-0.39, 0.29) is 16.8 Å². The van der Waals surface area contributed by atoms with Crippen LogP contribution in [-0.2, 0) is 11.3 Å². The highest BCUT2D eigenvalue weighted by molar-refractivity contribution is 5.91. The van der Waals surface area contributed by atoms with E-state index in [1.165, 1.54) is 18.5 Å². The number of aromatic amines is 1. The van der Waals surface area contributed by atoms with Gasteiger partial charge in [0.15, 0.2) is 0 Å². The van der Waals surface area contributed by atoms with Gasteiger partial charge in [0, 0.05) is 37.5 Å². The van der Waals surface area contributed by atoms with Gasteiger partial charge in [0.25, 0.3) is 11.2 Å². The van der Waals surface area contributed by atoms with Crippen molar-refractivity contribution >= 4 is 16.7 Å². The number of aryl methyl sites for hydroxylation is 1. The van der Waals surface area contributed by atoms with Crippen LogP contribution < -0.4 is 5.56 Å². The van der Waals surface area contributed by atoms with Crippen LogP contribution in [0.4, 0.5) is 5.69 Å². The zero-order valence-electron chi connectivity index (χ0n) is 15.3. The van der Waals surface area contributed by atoms with Crippen molar-refractivity contribution in [3.05, 3.63) is 56.6 Å². The third-order valence-corrected chi connectivity index (χ3v) is 4.32. The Morgan fingerprint density at radius 2 is 2.07 bits per heavy atom. The fourth-order valence-electron chi connectivity index (χ4n) is 3.13. The molecule has 3 rings (SSSR count). The van der Waals surface area contributed by atoms with Crippen LogP contribution in [0.15, 0.2) is 35.4 Å². The first kappa shape index (κ1) is 19.3. The summed E-state index contributed by atoms with van der Waals surface area (Å²) in [4.78, 5) is 29.6. The van der Waals surface area contributed by atoms with Crippen molar-refractivity contribution < 1.29 is 9.66 Å². The van der Waals surface area contributed by atoms with Crippen molar-refractivity contribution in [3.8, 4) is 17.3 Å². The van der Waals surface area contributed by atoms with Crippen molar-refractivity contribution in [1.29, 1.82) is 5.26 Å². The van der Waals surface area contributed by atoms with E-state index in [2.05, 4.69) is 16.0 Å². The largest absolute Gasteiger partial charge is 0.381 e. The van der Waals surface area contributed by atoms with Gasteiger partial charge in [0.2, 0.25) is 0 Å². The minimum atomic E-state index is -0.484. The van der Waals surface area contributed by atoms with Gasteiger partial charge in [-0.3, -0.25) is 14.9 Å². The first-order valence-corrected chi connectivity index (χ1v) is 8.91. The van der Waals surface area contributed by atoms with Gasteiger partial charge in [0.05, 0.1) is 16.9 Å². The number of nitrogens with zero attached hydrogens (tertiary/aromatic N) is 4. The maximum Gasteiger partial charge on any atom is 0.275 e. The number of aromatic nitrogens is 3. The molecule has 0 saturated heterocycles. The molecule has 0 saturated carbocycles. The van der Waals surface area contributed by atoms with Crippen molar-refractivity contribution in [1.82, 2.24) is 14.5 Å². The molecule has 0 atom stereocenters. The van der Waals surface area contributed by atoms with Gasteiger partial charge >= 0.3 is 0 Å². The van der Waals surface area contributed by atoms with E-state index in [4.69, 9.17) is 4.74 Å². The smallest absolute Gasteiger partial charge is 0.275 e. The zero-order valence-corrected chi connectivity index (χ0v) is 15.3. The van der Waals surface area contributed by atoms with Crippen LogP contribution in [0.5, 0.6) is 0 Å². The second-order valence-electron chi connectivity index (χ2n) is 6.19. The van der Waals surface area contributed by atoms with Gasteiger partial charge in [-0.2, -0.15) is 5.26 Å². The Hall–Kier alpha value is -3.51. The lowest BCUT2D eigenvalue weighted by molar-refractivity contribution is -0.384. The number of hydrogen-bond donors (Lipinski definition) is 1. The van der Waals surface area contributed by atoms with E-state index < -0.39 is 4.92 Å². The van der Waals surface area contributed by atoms with Crippen molar-refractivity contribution in [2.24, 2.45) is 0 Å². The van der Waals surface area contributed by atoms with E-state index in [0.29, 0.717) is 48.5 Å². The van der Waals surface area contributed by atoms with Crippen molar-refractivity contribution in [2.45, 2.75) is 26.3 Å². The predicted molar refractivity (Wildman–Crippen MR) is 103 cm³/mol. The van der Waals surface area contributed by atoms with E-state index in [1.54, 1.807) is 16.7 Å². The molecule has 1 N–H and O–H groups in total. The van der Waals surface area contributed by atoms with Crippen LogP contribution in [0.1, 0.15) is 25.3 Å². The number of nitro groups is 1. The second kappa shape index (κ2) is 8.45. The molecule has 0 aliphatic rings. The van der Waals surface area contributed by atoms with Crippen LogP contribution in [-0.4, -0.2) is 32.7 Å². The first-order valence-electron chi connectivity index (χ1n) is 8.91. The molecule has 9 heteroatoms. The summed E-state index contributed by atoms with van der Waals surface area (Å²) in [6.45, 7) is 3.65. The first-order chi connectivity index (χ1) is 13.6. The summed E-state index contributed by atoms with van der Waals surface area (Å²) in [6, 6.07) is 8.03. The fourth-order valence-corrected chi connectivity index (χ4v) is 3.13. The molecule has 0 aliphatic heterocycles. The number of hydrogen-bond acceptors (Lipinski definition) is 6.